The van der Waals surface area contributed by atoms with Crippen molar-refractivity contribution in [2.24, 2.45) is 0 Å². The Bertz CT molecular complexity index is 509. The molecular weight excluding hydrogens is 245 g/mol. The molecule has 6 heteroatoms. The highest BCUT2D eigenvalue weighted by atomic mass is 32.2. The Morgan fingerprint density at radius 2 is 1.94 bits per heavy atom. The first kappa shape index (κ1) is 12.3. The van der Waals surface area contributed by atoms with Crippen molar-refractivity contribution in [1.29, 1.82) is 0 Å². The highest BCUT2D eigenvalue weighted by molar-refractivity contribution is 7.92. The van der Waals surface area contributed by atoms with Crippen LogP contribution in [0.1, 0.15) is 12.8 Å². The van der Waals surface area contributed by atoms with E-state index in [-0.39, 0.29) is 10.6 Å². The summed E-state index contributed by atoms with van der Waals surface area (Å²) in [5, 5.41) is -0.487. The van der Waals surface area contributed by atoms with Crippen molar-refractivity contribution in [1.82, 2.24) is 0 Å². The van der Waals surface area contributed by atoms with Gasteiger partial charge in [-0.05, 0) is 31.0 Å². The summed E-state index contributed by atoms with van der Waals surface area (Å²) in [6, 6.07) is 3.62. The lowest BCUT2D eigenvalue weighted by Crippen LogP contribution is -2.29. The minimum Gasteiger partial charge on any atom is -0.396 e. The third-order valence-electron chi connectivity index (χ3n) is 2.91. The molecule has 1 aromatic rings. The van der Waals surface area contributed by atoms with Crippen molar-refractivity contribution in [3.05, 3.63) is 24.0 Å². The maximum absolute atomic E-state index is 13.3. The number of nitrogens with two attached hydrogens (primary N) is 1. The van der Waals surface area contributed by atoms with Crippen LogP contribution in [-0.4, -0.2) is 26.9 Å². The van der Waals surface area contributed by atoms with Gasteiger partial charge in [-0.15, -0.1) is 0 Å². The summed E-state index contributed by atoms with van der Waals surface area (Å²) in [5.74, 6) is -0.696. The van der Waals surface area contributed by atoms with Gasteiger partial charge >= 0.3 is 0 Å². The summed E-state index contributed by atoms with van der Waals surface area (Å²) < 4.78 is 42.8. The first-order valence-corrected chi connectivity index (χ1v) is 6.93. The van der Waals surface area contributed by atoms with Crippen LogP contribution in [0.4, 0.5) is 10.1 Å². The van der Waals surface area contributed by atoms with Gasteiger partial charge in [-0.3, -0.25) is 0 Å². The van der Waals surface area contributed by atoms with Gasteiger partial charge in [0.25, 0.3) is 0 Å². The molecule has 0 radical (unpaired) electrons. The van der Waals surface area contributed by atoms with Crippen LogP contribution in [0.2, 0.25) is 0 Å². The monoisotopic (exact) mass is 259 g/mol. The zero-order valence-corrected chi connectivity index (χ0v) is 10.0. The van der Waals surface area contributed by atoms with Gasteiger partial charge in [-0.25, -0.2) is 12.8 Å². The van der Waals surface area contributed by atoms with Crippen LogP contribution >= 0.6 is 0 Å². The van der Waals surface area contributed by atoms with E-state index < -0.39 is 20.9 Å². The maximum Gasteiger partial charge on any atom is 0.181 e. The second kappa shape index (κ2) is 4.62. The molecule has 0 spiro atoms. The molecule has 4 nitrogen and oxygen atoms in total. The second-order valence-corrected chi connectivity index (χ2v) is 6.27. The number of hydrogen-bond donors (Lipinski definition) is 1. The van der Waals surface area contributed by atoms with Crippen molar-refractivity contribution in [3.63, 3.8) is 0 Å². The SMILES string of the molecule is Nc1ccc(S(=O)(=O)C2CCOCC2)cc1F. The molecule has 0 unspecified atom stereocenters. The molecule has 1 aliphatic rings. The van der Waals surface area contributed by atoms with Crippen LogP contribution in [0, 0.1) is 5.82 Å². The molecule has 1 saturated heterocycles. The number of rotatable bonds is 2. The van der Waals surface area contributed by atoms with E-state index >= 15 is 0 Å². The summed E-state index contributed by atoms with van der Waals surface area (Å²) in [7, 11) is -3.48. The molecule has 0 amide bonds. The average Bonchev–Trinajstić information content (AvgIpc) is 2.33. The number of sulfone groups is 1. The summed E-state index contributed by atoms with van der Waals surface area (Å²) in [6.45, 7) is 0.864. The Morgan fingerprint density at radius 1 is 1.29 bits per heavy atom. The predicted octanol–water partition coefficient (Wildman–Crippen LogP) is 1.36. The highest BCUT2D eigenvalue weighted by Gasteiger charge is 2.29. The molecule has 0 saturated carbocycles. The Kier molecular flexibility index (Phi) is 3.35. The number of anilines is 1. The molecule has 1 fully saturated rings. The van der Waals surface area contributed by atoms with E-state index in [1.807, 2.05) is 0 Å². The normalized spacial score (nSPS) is 18.2. The zero-order valence-electron chi connectivity index (χ0n) is 9.23. The minimum absolute atomic E-state index is 0.00361. The maximum atomic E-state index is 13.3. The van der Waals surface area contributed by atoms with Crippen molar-refractivity contribution in [2.75, 3.05) is 18.9 Å². The molecule has 0 atom stereocenters. The van der Waals surface area contributed by atoms with Crippen LogP contribution in [0.5, 0.6) is 0 Å². The molecule has 0 bridgehead atoms. The van der Waals surface area contributed by atoms with Crippen LogP contribution in [0.25, 0.3) is 0 Å². The zero-order chi connectivity index (χ0) is 12.5. The minimum atomic E-state index is -3.48. The average molecular weight is 259 g/mol. The van der Waals surface area contributed by atoms with E-state index in [1.165, 1.54) is 12.1 Å². The Morgan fingerprint density at radius 3 is 2.53 bits per heavy atom. The quantitative estimate of drug-likeness (QED) is 0.814. The van der Waals surface area contributed by atoms with Crippen molar-refractivity contribution < 1.29 is 17.5 Å². The van der Waals surface area contributed by atoms with Gasteiger partial charge < -0.3 is 10.5 Å². The van der Waals surface area contributed by atoms with Gasteiger partial charge in [0.05, 0.1) is 15.8 Å². The van der Waals surface area contributed by atoms with E-state index in [2.05, 4.69) is 0 Å². The fourth-order valence-electron chi connectivity index (χ4n) is 1.86. The Hall–Kier alpha value is -1.14. The van der Waals surface area contributed by atoms with Gasteiger partial charge in [0.2, 0.25) is 0 Å². The third kappa shape index (κ3) is 2.42. The van der Waals surface area contributed by atoms with E-state index in [4.69, 9.17) is 10.5 Å². The van der Waals surface area contributed by atoms with Gasteiger partial charge in [-0.2, -0.15) is 0 Å². The number of nitrogen functional groups attached to an aromatic ring is 1. The van der Waals surface area contributed by atoms with Crippen molar-refractivity contribution in [3.8, 4) is 0 Å². The molecule has 1 aromatic carbocycles. The Balaban J connectivity index is 2.33. The first-order valence-electron chi connectivity index (χ1n) is 5.38. The fraction of sp³-hybridized carbons (Fsp3) is 0.455. The van der Waals surface area contributed by atoms with Crippen LogP contribution in [0.3, 0.4) is 0 Å². The van der Waals surface area contributed by atoms with Crippen molar-refractivity contribution in [2.45, 2.75) is 23.0 Å². The lowest BCUT2D eigenvalue weighted by Gasteiger charge is -2.22. The topological polar surface area (TPSA) is 69.4 Å². The molecule has 1 aliphatic heterocycles. The van der Waals surface area contributed by atoms with Gasteiger partial charge in [0, 0.05) is 13.2 Å². The molecule has 17 heavy (non-hydrogen) atoms. The summed E-state index contributed by atoms with van der Waals surface area (Å²) in [6.07, 6.45) is 0.905. The number of halogens is 1. The highest BCUT2D eigenvalue weighted by Crippen LogP contribution is 2.25. The standard InChI is InChI=1S/C11H14FNO3S/c12-10-7-9(1-2-11(10)13)17(14,15)8-3-5-16-6-4-8/h1-2,7-8H,3-6,13H2. The third-order valence-corrected chi connectivity index (χ3v) is 5.17. The molecule has 0 aromatic heterocycles. The lowest BCUT2D eigenvalue weighted by molar-refractivity contribution is 0.0983. The smallest absolute Gasteiger partial charge is 0.181 e. The van der Waals surface area contributed by atoms with E-state index in [9.17, 15) is 12.8 Å². The fourth-order valence-corrected chi connectivity index (χ4v) is 3.59. The molecule has 0 aliphatic carbocycles. The van der Waals surface area contributed by atoms with Gasteiger partial charge in [-0.1, -0.05) is 0 Å². The number of hydrogen-bond acceptors (Lipinski definition) is 4. The van der Waals surface area contributed by atoms with Crippen LogP contribution in [-0.2, 0) is 14.6 Å². The van der Waals surface area contributed by atoms with Gasteiger partial charge in [0.15, 0.2) is 9.84 Å². The predicted molar refractivity (Wildman–Crippen MR) is 61.8 cm³/mol. The molecule has 94 valence electrons. The number of benzene rings is 1. The summed E-state index contributed by atoms with van der Waals surface area (Å²) in [4.78, 5) is -0.00361. The van der Waals surface area contributed by atoms with Crippen molar-refractivity contribution >= 4 is 15.5 Å². The first-order chi connectivity index (χ1) is 8.01. The number of ether oxygens (including phenoxy) is 1. The Labute approximate surface area is 99.5 Å². The van der Waals surface area contributed by atoms with Crippen LogP contribution in [0.15, 0.2) is 23.1 Å². The molecule has 2 rings (SSSR count). The molecule has 1 heterocycles. The van der Waals surface area contributed by atoms with Gasteiger partial charge in [0.1, 0.15) is 5.82 Å². The largest absolute Gasteiger partial charge is 0.396 e. The van der Waals surface area contributed by atoms with E-state index in [1.54, 1.807) is 0 Å². The molecular formula is C11H14FNO3S. The van der Waals surface area contributed by atoms with E-state index in [0.29, 0.717) is 26.1 Å². The second-order valence-electron chi connectivity index (χ2n) is 4.04. The summed E-state index contributed by atoms with van der Waals surface area (Å²) >= 11 is 0. The van der Waals surface area contributed by atoms with E-state index in [0.717, 1.165) is 6.07 Å². The van der Waals surface area contributed by atoms with Crippen LogP contribution < -0.4 is 5.73 Å². The molecule has 2 N–H and O–H groups in total. The summed E-state index contributed by atoms with van der Waals surface area (Å²) in [5.41, 5.74) is 5.28. The lowest BCUT2D eigenvalue weighted by atomic mass is 10.2.